The quantitative estimate of drug-likeness (QED) is 0.455. The molecule has 0 aliphatic rings. The summed E-state index contributed by atoms with van der Waals surface area (Å²) in [5, 5.41) is 22.1. The average molecular weight is 294 g/mol. The van der Waals surface area contributed by atoms with Crippen molar-refractivity contribution in [3.8, 4) is 5.75 Å². The first-order valence-electron chi connectivity index (χ1n) is 6.67. The van der Waals surface area contributed by atoms with Crippen LogP contribution in [0.3, 0.4) is 0 Å². The monoisotopic (exact) mass is 294 g/mol. The van der Waals surface area contributed by atoms with Gasteiger partial charge in [0, 0.05) is 23.9 Å². The van der Waals surface area contributed by atoms with Gasteiger partial charge in [-0.25, -0.2) is 4.79 Å². The van der Waals surface area contributed by atoms with Crippen LogP contribution in [0.4, 0.5) is 5.69 Å². The van der Waals surface area contributed by atoms with Crippen molar-refractivity contribution in [2.45, 2.75) is 6.42 Å². The summed E-state index contributed by atoms with van der Waals surface area (Å²) in [6.07, 6.45) is -0.0121. The van der Waals surface area contributed by atoms with Crippen molar-refractivity contribution in [1.82, 2.24) is 0 Å². The summed E-state index contributed by atoms with van der Waals surface area (Å²) in [6, 6.07) is 14.6. The lowest BCUT2D eigenvalue weighted by molar-refractivity contribution is -0.217. The van der Waals surface area contributed by atoms with Gasteiger partial charge in [0.15, 0.2) is 0 Å². The average Bonchev–Trinajstić information content (AvgIpc) is 2.47. The number of aliphatic imine (C=N–C) groups is 1. The predicted molar refractivity (Wildman–Crippen MR) is 81.4 cm³/mol. The highest BCUT2D eigenvalue weighted by Gasteiger charge is 2.06. The van der Waals surface area contributed by atoms with Gasteiger partial charge in [-0.1, -0.05) is 18.2 Å². The van der Waals surface area contributed by atoms with Gasteiger partial charge in [0.2, 0.25) is 0 Å². The second-order valence-electron chi connectivity index (χ2n) is 4.79. The van der Waals surface area contributed by atoms with Gasteiger partial charge in [-0.2, -0.15) is 0 Å². The number of phenols is 1. The van der Waals surface area contributed by atoms with E-state index in [-0.39, 0.29) is 23.7 Å². The number of fused-ring (bicyclic) bond motifs is 1. The van der Waals surface area contributed by atoms with Crippen molar-refractivity contribution in [3.63, 3.8) is 0 Å². The molecule has 1 aromatic heterocycles. The van der Waals surface area contributed by atoms with Crippen molar-refractivity contribution < 1.29 is 14.6 Å². The lowest BCUT2D eigenvalue weighted by atomic mass is 10.1. The second kappa shape index (κ2) is 5.73. The van der Waals surface area contributed by atoms with E-state index in [0.29, 0.717) is 16.6 Å². The maximum Gasteiger partial charge on any atom is 0.336 e. The van der Waals surface area contributed by atoms with Gasteiger partial charge in [0.1, 0.15) is 11.3 Å². The molecule has 1 N–H and O–H groups in total. The van der Waals surface area contributed by atoms with Crippen LogP contribution in [-0.2, 0) is 6.42 Å². The van der Waals surface area contributed by atoms with Crippen LogP contribution >= 0.6 is 0 Å². The van der Waals surface area contributed by atoms with Crippen molar-refractivity contribution >= 4 is 22.6 Å². The van der Waals surface area contributed by atoms with Gasteiger partial charge in [-0.3, -0.25) is 4.99 Å². The molecule has 1 heterocycles. The Morgan fingerprint density at radius 3 is 2.68 bits per heavy atom. The third-order valence-electron chi connectivity index (χ3n) is 3.17. The highest BCUT2D eigenvalue weighted by atomic mass is 16.4. The molecule has 0 unspecified atom stereocenters. The second-order valence-corrected chi connectivity index (χ2v) is 4.79. The van der Waals surface area contributed by atoms with E-state index in [1.165, 1.54) is 18.2 Å². The van der Waals surface area contributed by atoms with E-state index in [1.807, 2.05) is 6.07 Å². The summed E-state index contributed by atoms with van der Waals surface area (Å²) >= 11 is 0. The molecule has 0 radical (unpaired) electrons. The number of phenolic OH excluding ortho intramolecular Hbond substituents is 1. The standard InChI is InChI=1S/C17H13NO4/c19-13-6-7-14-11(9-17(21)22-15(14)10-13)8-16(20)18-12-4-2-1-3-5-12/h1-7,9-10,19H,8H2,(H,18,20)/p-1. The van der Waals surface area contributed by atoms with Crippen molar-refractivity contribution in [3.05, 3.63) is 70.6 Å². The van der Waals surface area contributed by atoms with Crippen LogP contribution in [0.5, 0.6) is 5.75 Å². The van der Waals surface area contributed by atoms with E-state index in [9.17, 15) is 15.0 Å². The van der Waals surface area contributed by atoms with E-state index in [0.717, 1.165) is 0 Å². The van der Waals surface area contributed by atoms with Crippen LogP contribution in [-0.4, -0.2) is 11.0 Å². The van der Waals surface area contributed by atoms with Crippen LogP contribution < -0.4 is 10.7 Å². The Morgan fingerprint density at radius 1 is 1.14 bits per heavy atom. The molecule has 0 spiro atoms. The molecule has 0 saturated heterocycles. The number of aromatic hydroxyl groups is 1. The maximum absolute atomic E-state index is 12.1. The minimum absolute atomic E-state index is 0.00639. The molecular weight excluding hydrogens is 282 g/mol. The summed E-state index contributed by atoms with van der Waals surface area (Å²) in [7, 11) is 0. The highest BCUT2D eigenvalue weighted by molar-refractivity contribution is 5.87. The zero-order valence-corrected chi connectivity index (χ0v) is 11.5. The van der Waals surface area contributed by atoms with Gasteiger partial charge in [0.05, 0.1) is 5.69 Å². The minimum atomic E-state index is -0.569. The lowest BCUT2D eigenvalue weighted by Crippen LogP contribution is -2.20. The van der Waals surface area contributed by atoms with Crippen molar-refractivity contribution in [1.29, 1.82) is 0 Å². The molecule has 0 atom stereocenters. The third kappa shape index (κ3) is 2.98. The molecule has 3 rings (SSSR count). The highest BCUT2D eigenvalue weighted by Crippen LogP contribution is 2.22. The zero-order chi connectivity index (χ0) is 15.5. The summed E-state index contributed by atoms with van der Waals surface area (Å²) in [4.78, 5) is 15.6. The topological polar surface area (TPSA) is 85.9 Å². The molecule has 5 nitrogen and oxygen atoms in total. The fourth-order valence-corrected chi connectivity index (χ4v) is 2.21. The van der Waals surface area contributed by atoms with Crippen LogP contribution in [0.1, 0.15) is 5.56 Å². The largest absolute Gasteiger partial charge is 0.861 e. The molecule has 3 aromatic rings. The number of para-hydroxylation sites is 1. The molecule has 110 valence electrons. The van der Waals surface area contributed by atoms with E-state index in [4.69, 9.17) is 4.42 Å². The summed E-state index contributed by atoms with van der Waals surface area (Å²) < 4.78 is 5.03. The molecule has 0 amide bonds. The van der Waals surface area contributed by atoms with Gasteiger partial charge in [-0.15, -0.1) is 0 Å². The molecule has 22 heavy (non-hydrogen) atoms. The molecule has 0 aliphatic heterocycles. The molecule has 5 heteroatoms. The zero-order valence-electron chi connectivity index (χ0n) is 11.5. The molecule has 0 aliphatic carbocycles. The first-order chi connectivity index (χ1) is 10.6. The molecular formula is C17H12NO4-. The van der Waals surface area contributed by atoms with Gasteiger partial charge >= 0.3 is 5.63 Å². The van der Waals surface area contributed by atoms with E-state index in [1.54, 1.807) is 30.3 Å². The Morgan fingerprint density at radius 2 is 1.91 bits per heavy atom. The molecule has 0 fully saturated rings. The van der Waals surface area contributed by atoms with Crippen molar-refractivity contribution in [2.75, 3.05) is 0 Å². The number of benzene rings is 2. The summed E-state index contributed by atoms with van der Waals surface area (Å²) in [6.45, 7) is 0. The first kappa shape index (κ1) is 13.9. The SMILES string of the molecule is O=c1cc(CC([O-])=Nc2ccccc2)c2ccc(O)cc2o1. The van der Waals surface area contributed by atoms with E-state index in [2.05, 4.69) is 4.99 Å². The third-order valence-corrected chi connectivity index (χ3v) is 3.17. The van der Waals surface area contributed by atoms with Gasteiger partial charge in [0.25, 0.3) is 0 Å². The summed E-state index contributed by atoms with van der Waals surface area (Å²) in [5.41, 5.74) is 0.768. The Bertz CT molecular complexity index is 897. The van der Waals surface area contributed by atoms with Crippen LogP contribution in [0, 0.1) is 0 Å². The van der Waals surface area contributed by atoms with Gasteiger partial charge < -0.3 is 14.6 Å². The number of hydrogen-bond donors (Lipinski definition) is 1. The Labute approximate surface area is 125 Å². The van der Waals surface area contributed by atoms with Crippen molar-refractivity contribution in [2.24, 2.45) is 4.99 Å². The molecule has 0 bridgehead atoms. The Hall–Kier alpha value is -3.08. The molecule has 0 saturated carbocycles. The number of rotatable bonds is 3. The fraction of sp³-hybridized carbons (Fsp3) is 0.0588. The number of hydrogen-bond acceptors (Lipinski definition) is 5. The maximum atomic E-state index is 12.1. The minimum Gasteiger partial charge on any atom is -0.861 e. The van der Waals surface area contributed by atoms with Crippen LogP contribution in [0.25, 0.3) is 11.0 Å². The van der Waals surface area contributed by atoms with E-state index < -0.39 is 5.63 Å². The van der Waals surface area contributed by atoms with Crippen LogP contribution in [0.15, 0.2) is 68.8 Å². The van der Waals surface area contributed by atoms with E-state index >= 15 is 0 Å². The fourth-order valence-electron chi connectivity index (χ4n) is 2.21. The lowest BCUT2D eigenvalue weighted by Gasteiger charge is -2.12. The molecule has 2 aromatic carbocycles. The smallest absolute Gasteiger partial charge is 0.336 e. The van der Waals surface area contributed by atoms with Gasteiger partial charge in [-0.05, 0) is 35.7 Å². The normalized spacial score (nSPS) is 11.7. The predicted octanol–water partition coefficient (Wildman–Crippen LogP) is 2.13. The Balaban J connectivity index is 2.00. The first-order valence-corrected chi connectivity index (χ1v) is 6.67. The number of nitrogens with zero attached hydrogens (tertiary/aromatic N) is 1. The summed E-state index contributed by atoms with van der Waals surface area (Å²) in [5.74, 6) is -0.362. The Kier molecular flexibility index (Phi) is 3.62. The van der Waals surface area contributed by atoms with Crippen LogP contribution in [0.2, 0.25) is 0 Å².